The topological polar surface area (TPSA) is 52.9 Å². The van der Waals surface area contributed by atoms with E-state index in [4.69, 9.17) is 0 Å². The first-order valence-corrected chi connectivity index (χ1v) is 10.6. The van der Waals surface area contributed by atoms with Gasteiger partial charge in [0.05, 0.1) is 21.9 Å². The Morgan fingerprint density at radius 2 is 1.83 bits per heavy atom. The summed E-state index contributed by atoms with van der Waals surface area (Å²) in [5.74, 6) is 0. The molecule has 1 aliphatic rings. The van der Waals surface area contributed by atoms with Crippen LogP contribution in [0.5, 0.6) is 0 Å². The number of fused-ring (bicyclic) bond motifs is 2. The van der Waals surface area contributed by atoms with E-state index in [-0.39, 0.29) is 5.43 Å². The summed E-state index contributed by atoms with van der Waals surface area (Å²) in [6.45, 7) is 9.97. The van der Waals surface area contributed by atoms with E-state index in [0.29, 0.717) is 0 Å². The van der Waals surface area contributed by atoms with Gasteiger partial charge < -0.3 is 15.1 Å². The average Bonchev–Trinajstić information content (AvgIpc) is 3.20. The molecule has 0 atom stereocenters. The van der Waals surface area contributed by atoms with Crippen molar-refractivity contribution in [2.24, 2.45) is 0 Å². The summed E-state index contributed by atoms with van der Waals surface area (Å²) in [6.07, 6.45) is 2.88. The van der Waals surface area contributed by atoms with Crippen molar-refractivity contribution >= 4 is 33.0 Å². The number of likely N-dealkylation sites (N-methyl/N-ethyl adjacent to an activating group) is 1. The molecule has 1 N–H and O–H groups in total. The zero-order chi connectivity index (χ0) is 19.8. The standard InChI is InChI=1S/C23H27N5O/c1-2-26-12-14-27(15-13-26)11-5-10-24-18-8-9-19-22-21(18)23(29)17-6-3-4-7-20(17)28(22)16-25-19/h3-4,6-9,16,24H,2,5,10-15H2,1H3. The lowest BCUT2D eigenvalue weighted by Crippen LogP contribution is -2.46. The number of imidazole rings is 1. The average molecular weight is 390 g/mol. The first-order valence-electron chi connectivity index (χ1n) is 10.6. The van der Waals surface area contributed by atoms with Gasteiger partial charge in [-0.05, 0) is 43.8 Å². The van der Waals surface area contributed by atoms with Crippen LogP contribution in [0.4, 0.5) is 5.69 Å². The number of hydrogen-bond acceptors (Lipinski definition) is 5. The van der Waals surface area contributed by atoms with Gasteiger partial charge in [0.1, 0.15) is 6.33 Å². The van der Waals surface area contributed by atoms with Crippen molar-refractivity contribution in [2.75, 3.05) is 51.1 Å². The van der Waals surface area contributed by atoms with Crippen molar-refractivity contribution in [3.8, 4) is 0 Å². The number of benzene rings is 2. The summed E-state index contributed by atoms with van der Waals surface area (Å²) in [7, 11) is 0. The van der Waals surface area contributed by atoms with Crippen LogP contribution in [0.25, 0.3) is 27.3 Å². The molecule has 29 heavy (non-hydrogen) atoms. The van der Waals surface area contributed by atoms with E-state index in [1.54, 1.807) is 0 Å². The predicted molar refractivity (Wildman–Crippen MR) is 119 cm³/mol. The second-order valence-electron chi connectivity index (χ2n) is 7.87. The number of nitrogens with one attached hydrogen (secondary N) is 1. The van der Waals surface area contributed by atoms with E-state index in [2.05, 4.69) is 27.0 Å². The van der Waals surface area contributed by atoms with Gasteiger partial charge in [-0.3, -0.25) is 9.20 Å². The Bertz CT molecular complexity index is 1190. The molecule has 1 fully saturated rings. The summed E-state index contributed by atoms with van der Waals surface area (Å²) >= 11 is 0. The lowest BCUT2D eigenvalue weighted by atomic mass is 10.1. The SMILES string of the molecule is CCN1CCN(CCCNc2ccc3ncn4c5ccccc5c(=O)c2c34)CC1. The van der Waals surface area contributed by atoms with Gasteiger partial charge in [0.25, 0.3) is 0 Å². The number of rotatable bonds is 6. The number of nitrogens with zero attached hydrogens (tertiary/aromatic N) is 4. The van der Waals surface area contributed by atoms with Crippen LogP contribution >= 0.6 is 0 Å². The van der Waals surface area contributed by atoms with Crippen LogP contribution in [-0.2, 0) is 0 Å². The maximum atomic E-state index is 13.3. The number of pyridine rings is 1. The summed E-state index contributed by atoms with van der Waals surface area (Å²) in [5, 5.41) is 5.01. The smallest absolute Gasteiger partial charge is 0.199 e. The van der Waals surface area contributed by atoms with Crippen molar-refractivity contribution in [3.05, 3.63) is 52.9 Å². The zero-order valence-corrected chi connectivity index (χ0v) is 16.9. The number of hydrogen-bond donors (Lipinski definition) is 1. The normalized spacial score (nSPS) is 16.3. The molecule has 0 radical (unpaired) electrons. The Hall–Kier alpha value is -2.70. The van der Waals surface area contributed by atoms with Crippen LogP contribution in [-0.4, -0.2) is 65.0 Å². The molecule has 0 bridgehead atoms. The minimum Gasteiger partial charge on any atom is -0.384 e. The number of piperazine rings is 1. The van der Waals surface area contributed by atoms with Gasteiger partial charge in [0.2, 0.25) is 0 Å². The number of aromatic nitrogens is 2. The molecule has 0 spiro atoms. The van der Waals surface area contributed by atoms with Crippen LogP contribution in [0.2, 0.25) is 0 Å². The van der Waals surface area contributed by atoms with Gasteiger partial charge in [-0.15, -0.1) is 0 Å². The van der Waals surface area contributed by atoms with Crippen molar-refractivity contribution in [3.63, 3.8) is 0 Å². The third-order valence-electron chi connectivity index (χ3n) is 6.22. The lowest BCUT2D eigenvalue weighted by Gasteiger charge is -2.34. The summed E-state index contributed by atoms with van der Waals surface area (Å²) in [5.41, 5.74) is 3.68. The molecule has 1 saturated heterocycles. The zero-order valence-electron chi connectivity index (χ0n) is 16.9. The first-order chi connectivity index (χ1) is 14.3. The van der Waals surface area contributed by atoms with E-state index < -0.39 is 0 Å². The molecule has 3 heterocycles. The minimum absolute atomic E-state index is 0.0809. The van der Waals surface area contributed by atoms with E-state index in [9.17, 15) is 4.79 Å². The third kappa shape index (κ3) is 3.22. The Morgan fingerprint density at radius 3 is 2.66 bits per heavy atom. The maximum Gasteiger partial charge on any atom is 0.199 e. The van der Waals surface area contributed by atoms with Gasteiger partial charge in [-0.2, -0.15) is 0 Å². The molecule has 150 valence electrons. The molecule has 0 aliphatic carbocycles. The van der Waals surface area contributed by atoms with Crippen LogP contribution in [0.1, 0.15) is 13.3 Å². The monoisotopic (exact) mass is 389 g/mol. The van der Waals surface area contributed by atoms with Crippen LogP contribution in [0, 0.1) is 0 Å². The van der Waals surface area contributed by atoms with Crippen LogP contribution in [0.3, 0.4) is 0 Å². The predicted octanol–water partition coefficient (Wildman–Crippen LogP) is 2.88. The Kier molecular flexibility index (Phi) is 4.81. The van der Waals surface area contributed by atoms with Gasteiger partial charge in [0.15, 0.2) is 5.43 Å². The Balaban J connectivity index is 1.37. The second-order valence-corrected chi connectivity index (χ2v) is 7.87. The van der Waals surface area contributed by atoms with E-state index in [1.807, 2.05) is 47.1 Å². The highest BCUT2D eigenvalue weighted by atomic mass is 16.1. The van der Waals surface area contributed by atoms with Crippen LogP contribution in [0.15, 0.2) is 47.5 Å². The molecule has 6 heteroatoms. The van der Waals surface area contributed by atoms with E-state index in [1.165, 1.54) is 13.1 Å². The lowest BCUT2D eigenvalue weighted by molar-refractivity contribution is 0.137. The van der Waals surface area contributed by atoms with Crippen molar-refractivity contribution in [1.82, 2.24) is 19.2 Å². The fourth-order valence-corrected chi connectivity index (χ4v) is 4.53. The summed E-state index contributed by atoms with van der Waals surface area (Å²) in [4.78, 5) is 22.8. The highest BCUT2D eigenvalue weighted by molar-refractivity contribution is 6.06. The summed E-state index contributed by atoms with van der Waals surface area (Å²) in [6, 6.07) is 11.8. The molecule has 5 rings (SSSR count). The molecule has 0 unspecified atom stereocenters. The molecule has 4 aromatic rings. The van der Waals surface area contributed by atoms with Gasteiger partial charge >= 0.3 is 0 Å². The molecule has 1 aliphatic heterocycles. The van der Waals surface area contributed by atoms with Gasteiger partial charge in [-0.1, -0.05) is 19.1 Å². The molecule has 2 aromatic heterocycles. The third-order valence-corrected chi connectivity index (χ3v) is 6.22. The molecule has 0 amide bonds. The summed E-state index contributed by atoms with van der Waals surface area (Å²) < 4.78 is 2.04. The van der Waals surface area contributed by atoms with Crippen molar-refractivity contribution in [1.29, 1.82) is 0 Å². The minimum atomic E-state index is 0.0809. The fourth-order valence-electron chi connectivity index (χ4n) is 4.53. The van der Waals surface area contributed by atoms with Gasteiger partial charge in [0, 0.05) is 43.8 Å². The molecular formula is C23H27N5O. The molecular weight excluding hydrogens is 362 g/mol. The molecule has 2 aromatic carbocycles. The number of anilines is 1. The Labute approximate surface area is 170 Å². The van der Waals surface area contributed by atoms with Crippen molar-refractivity contribution in [2.45, 2.75) is 13.3 Å². The van der Waals surface area contributed by atoms with Crippen molar-refractivity contribution < 1.29 is 0 Å². The van der Waals surface area contributed by atoms with E-state index in [0.717, 1.165) is 72.2 Å². The molecule has 6 nitrogen and oxygen atoms in total. The first kappa shape index (κ1) is 18.3. The van der Waals surface area contributed by atoms with Crippen LogP contribution < -0.4 is 10.7 Å². The molecule has 0 saturated carbocycles. The van der Waals surface area contributed by atoms with E-state index >= 15 is 0 Å². The Morgan fingerprint density at radius 1 is 1.03 bits per heavy atom. The largest absolute Gasteiger partial charge is 0.384 e. The second kappa shape index (κ2) is 7.61. The maximum absolute atomic E-state index is 13.3. The van der Waals surface area contributed by atoms with Gasteiger partial charge in [-0.25, -0.2) is 4.98 Å². The highest BCUT2D eigenvalue weighted by Gasteiger charge is 2.17. The fraction of sp³-hybridized carbons (Fsp3) is 0.391. The quantitative estimate of drug-likeness (QED) is 0.406. The highest BCUT2D eigenvalue weighted by Crippen LogP contribution is 2.28. The number of para-hydroxylation sites is 1.